The molecule has 0 saturated carbocycles. The number of hydrogen-bond acceptors (Lipinski definition) is 4. The number of rotatable bonds is 9. The zero-order chi connectivity index (χ0) is 22.0. The van der Waals surface area contributed by atoms with Crippen LogP contribution in [0, 0.1) is 0 Å². The van der Waals surface area contributed by atoms with Gasteiger partial charge in [-0.15, -0.1) is 0 Å². The number of hydrogen-bond donors (Lipinski definition) is 0. The summed E-state index contributed by atoms with van der Waals surface area (Å²) in [4.78, 5) is 0. The zero-order valence-corrected chi connectivity index (χ0v) is 19.4. The van der Waals surface area contributed by atoms with Crippen molar-refractivity contribution in [3.63, 3.8) is 0 Å². The van der Waals surface area contributed by atoms with Crippen LogP contribution >= 0.6 is 0 Å². The third kappa shape index (κ3) is 7.33. The van der Waals surface area contributed by atoms with Crippen LogP contribution in [-0.2, 0) is 14.9 Å². The molecule has 2 aromatic rings. The van der Waals surface area contributed by atoms with E-state index in [1.54, 1.807) is 0 Å². The second-order valence-corrected chi connectivity index (χ2v) is 7.53. The van der Waals surface area contributed by atoms with Gasteiger partial charge >= 0.3 is 0 Å². The quantitative estimate of drug-likeness (QED) is 0.471. The fraction of sp³-hybridized carbons (Fsp3) is 0.538. The molecular weight excluding hydrogens is 376 g/mol. The monoisotopic (exact) mass is 414 g/mol. The lowest BCUT2D eigenvalue weighted by Crippen LogP contribution is -2.18. The summed E-state index contributed by atoms with van der Waals surface area (Å²) in [6.07, 6.45) is 1.66. The van der Waals surface area contributed by atoms with Crippen LogP contribution in [0.5, 0.6) is 11.5 Å². The molecule has 0 N–H and O–H groups in total. The third-order valence-corrected chi connectivity index (χ3v) is 5.10. The van der Waals surface area contributed by atoms with E-state index >= 15 is 0 Å². The maximum atomic E-state index is 5.79. The lowest BCUT2D eigenvalue weighted by Gasteiger charge is -2.26. The Morgan fingerprint density at radius 3 is 1.60 bits per heavy atom. The molecule has 0 aliphatic carbocycles. The van der Waals surface area contributed by atoms with Crippen LogP contribution in [0.15, 0.2) is 48.5 Å². The standard InChI is InChI=1S/C22H26O4.2C2H6/c1-22(2,17-5-9-19(10-6-17)24-14-21-15-26-21)16-3-7-18(8-4-16)23-12-11-20-13-25-20;2*1-2/h3-10,20-21H,11-15H2,1-2H3;2*1-2H3. The van der Waals surface area contributed by atoms with Gasteiger partial charge in [-0.05, 0) is 35.4 Å². The summed E-state index contributed by atoms with van der Waals surface area (Å²) in [6, 6.07) is 16.8. The van der Waals surface area contributed by atoms with Gasteiger partial charge < -0.3 is 18.9 Å². The van der Waals surface area contributed by atoms with E-state index in [4.69, 9.17) is 18.9 Å². The highest BCUT2D eigenvalue weighted by atomic mass is 16.6. The number of epoxide rings is 2. The van der Waals surface area contributed by atoms with E-state index in [1.807, 2.05) is 39.8 Å². The minimum atomic E-state index is -0.0848. The van der Waals surface area contributed by atoms with Gasteiger partial charge in [-0.1, -0.05) is 65.8 Å². The van der Waals surface area contributed by atoms with Crippen molar-refractivity contribution in [3.05, 3.63) is 59.7 Å². The Morgan fingerprint density at radius 1 is 0.733 bits per heavy atom. The van der Waals surface area contributed by atoms with Crippen LogP contribution in [0.1, 0.15) is 59.1 Å². The molecule has 4 heteroatoms. The first-order valence-electron chi connectivity index (χ1n) is 11.3. The Hall–Kier alpha value is -2.04. The Bertz CT molecular complexity index is 714. The molecule has 0 spiro atoms. The van der Waals surface area contributed by atoms with Crippen molar-refractivity contribution in [1.82, 2.24) is 0 Å². The summed E-state index contributed by atoms with van der Waals surface area (Å²) in [5, 5.41) is 0. The molecule has 30 heavy (non-hydrogen) atoms. The van der Waals surface area contributed by atoms with Crippen LogP contribution in [0.25, 0.3) is 0 Å². The molecule has 2 atom stereocenters. The molecule has 0 amide bonds. The van der Waals surface area contributed by atoms with E-state index in [-0.39, 0.29) is 11.5 Å². The van der Waals surface area contributed by atoms with Gasteiger partial charge in [-0.2, -0.15) is 0 Å². The van der Waals surface area contributed by atoms with Crippen molar-refractivity contribution in [3.8, 4) is 11.5 Å². The maximum Gasteiger partial charge on any atom is 0.119 e. The van der Waals surface area contributed by atoms with Crippen LogP contribution in [-0.4, -0.2) is 38.6 Å². The molecule has 166 valence electrons. The van der Waals surface area contributed by atoms with Gasteiger partial charge in [0.25, 0.3) is 0 Å². The fourth-order valence-corrected chi connectivity index (χ4v) is 3.00. The van der Waals surface area contributed by atoms with Crippen LogP contribution in [0.2, 0.25) is 0 Å². The van der Waals surface area contributed by atoms with Crippen molar-refractivity contribution >= 4 is 0 Å². The second-order valence-electron chi connectivity index (χ2n) is 7.53. The average molecular weight is 415 g/mol. The Kier molecular flexibility index (Phi) is 9.67. The van der Waals surface area contributed by atoms with E-state index in [1.165, 1.54) is 11.1 Å². The van der Waals surface area contributed by atoms with Crippen molar-refractivity contribution in [1.29, 1.82) is 0 Å². The summed E-state index contributed by atoms with van der Waals surface area (Å²) in [6.45, 7) is 15.5. The Balaban J connectivity index is 0.000000757. The Morgan fingerprint density at radius 2 is 1.17 bits per heavy atom. The molecule has 2 aromatic carbocycles. The molecule has 0 radical (unpaired) electrons. The molecule has 2 fully saturated rings. The van der Waals surface area contributed by atoms with Crippen LogP contribution in [0.3, 0.4) is 0 Å². The minimum absolute atomic E-state index is 0.0848. The molecule has 2 aliphatic heterocycles. The highest BCUT2D eigenvalue weighted by Crippen LogP contribution is 2.33. The van der Waals surface area contributed by atoms with E-state index in [0.717, 1.165) is 31.1 Å². The first kappa shape index (κ1) is 24.2. The first-order chi connectivity index (χ1) is 14.6. The second kappa shape index (κ2) is 12.0. The van der Waals surface area contributed by atoms with Gasteiger partial charge in [0, 0.05) is 11.8 Å². The molecule has 2 saturated heterocycles. The molecule has 0 bridgehead atoms. The minimum Gasteiger partial charge on any atom is -0.493 e. The first-order valence-corrected chi connectivity index (χ1v) is 11.3. The van der Waals surface area contributed by atoms with Gasteiger partial charge in [-0.25, -0.2) is 0 Å². The summed E-state index contributed by atoms with van der Waals surface area (Å²) < 4.78 is 21.9. The van der Waals surface area contributed by atoms with E-state index in [2.05, 4.69) is 50.2 Å². The summed E-state index contributed by atoms with van der Waals surface area (Å²) >= 11 is 0. The lowest BCUT2D eigenvalue weighted by molar-refractivity contribution is 0.263. The van der Waals surface area contributed by atoms with Crippen molar-refractivity contribution < 1.29 is 18.9 Å². The highest BCUT2D eigenvalue weighted by molar-refractivity contribution is 5.41. The van der Waals surface area contributed by atoms with E-state index < -0.39 is 0 Å². The van der Waals surface area contributed by atoms with Gasteiger partial charge in [0.05, 0.1) is 25.9 Å². The van der Waals surface area contributed by atoms with E-state index in [9.17, 15) is 0 Å². The predicted molar refractivity (Wildman–Crippen MR) is 123 cm³/mol. The summed E-state index contributed by atoms with van der Waals surface area (Å²) in [5.41, 5.74) is 2.43. The van der Waals surface area contributed by atoms with Crippen molar-refractivity contribution in [2.45, 2.75) is 65.6 Å². The van der Waals surface area contributed by atoms with Gasteiger partial charge in [-0.3, -0.25) is 0 Å². The van der Waals surface area contributed by atoms with Crippen molar-refractivity contribution in [2.24, 2.45) is 0 Å². The van der Waals surface area contributed by atoms with Crippen molar-refractivity contribution in [2.75, 3.05) is 26.4 Å². The molecule has 2 unspecified atom stereocenters. The van der Waals surface area contributed by atoms with Crippen LogP contribution < -0.4 is 9.47 Å². The maximum absolute atomic E-state index is 5.79. The normalized spacial score (nSPS) is 18.9. The molecule has 2 heterocycles. The van der Waals surface area contributed by atoms with Gasteiger partial charge in [0.1, 0.15) is 24.2 Å². The fourth-order valence-electron chi connectivity index (χ4n) is 3.00. The molecule has 4 nitrogen and oxygen atoms in total. The molecule has 0 aromatic heterocycles. The smallest absolute Gasteiger partial charge is 0.119 e. The summed E-state index contributed by atoms with van der Waals surface area (Å²) in [5.74, 6) is 1.81. The van der Waals surface area contributed by atoms with Gasteiger partial charge in [0.15, 0.2) is 0 Å². The zero-order valence-electron chi connectivity index (χ0n) is 19.4. The lowest BCUT2D eigenvalue weighted by atomic mass is 9.78. The number of ether oxygens (including phenoxy) is 4. The largest absolute Gasteiger partial charge is 0.493 e. The van der Waals surface area contributed by atoms with E-state index in [0.29, 0.717) is 19.3 Å². The highest BCUT2D eigenvalue weighted by Gasteiger charge is 2.25. The SMILES string of the molecule is CC.CC.CC(C)(c1ccc(OCCC2CO2)cc1)c1ccc(OCC2CO2)cc1. The summed E-state index contributed by atoms with van der Waals surface area (Å²) in [7, 11) is 0. The molecular formula is C26H38O4. The Labute approximate surface area is 182 Å². The topological polar surface area (TPSA) is 43.5 Å². The van der Waals surface area contributed by atoms with Gasteiger partial charge in [0.2, 0.25) is 0 Å². The number of benzene rings is 2. The molecule has 2 aliphatic rings. The predicted octanol–water partition coefficient (Wildman–Crippen LogP) is 6.01. The third-order valence-electron chi connectivity index (χ3n) is 5.10. The van der Waals surface area contributed by atoms with Crippen LogP contribution in [0.4, 0.5) is 0 Å². The molecule has 4 rings (SSSR count). The average Bonchev–Trinajstić information content (AvgIpc) is 3.71.